The minimum Gasteiger partial charge on any atom is -0.256 e. The third-order valence-corrected chi connectivity index (χ3v) is 9.61. The Kier molecular flexibility index (Phi) is 8.76. The first-order valence-corrected chi connectivity index (χ1v) is 15.5. The molecule has 0 unspecified atom stereocenters. The highest BCUT2D eigenvalue weighted by atomic mass is 32.3. The van der Waals surface area contributed by atoms with Gasteiger partial charge in [0, 0.05) is 56.1 Å². The summed E-state index contributed by atoms with van der Waals surface area (Å²) in [7, 11) is -3.43. The molecule has 42 heavy (non-hydrogen) atoms. The predicted octanol–water partition coefficient (Wildman–Crippen LogP) is 10.2. The largest absolute Gasteiger partial charge is 0.256 e. The third kappa shape index (κ3) is 5.54. The van der Waals surface area contributed by atoms with Gasteiger partial charge in [-0.15, -0.1) is 0 Å². The van der Waals surface area contributed by atoms with Gasteiger partial charge in [-0.1, -0.05) is 67.8 Å². The van der Waals surface area contributed by atoms with Crippen molar-refractivity contribution in [1.82, 2.24) is 15.0 Å². The first kappa shape index (κ1) is 28.7. The second-order valence-electron chi connectivity index (χ2n) is 9.54. The van der Waals surface area contributed by atoms with Crippen molar-refractivity contribution in [3.63, 3.8) is 0 Å². The molecule has 5 aromatic rings. The molecule has 6 rings (SSSR count). The van der Waals surface area contributed by atoms with Crippen molar-refractivity contribution in [2.75, 3.05) is 0 Å². The number of nitrogens with zero attached hydrogens (tertiary/aromatic N) is 3. The molecule has 0 atom stereocenters. The lowest BCUT2D eigenvalue weighted by molar-refractivity contribution is 0.885. The molecule has 3 nitrogen and oxygen atoms in total. The van der Waals surface area contributed by atoms with Gasteiger partial charge in [-0.05, 0) is 90.0 Å². The molecule has 0 fully saturated rings. The average molecular weight is 570 g/mol. The number of hydrogen-bond acceptors (Lipinski definition) is 3. The normalized spacial score (nSPS) is 12.6. The van der Waals surface area contributed by atoms with Gasteiger partial charge >= 0.3 is 0 Å². The highest BCUT2D eigenvalue weighted by molar-refractivity contribution is 8.33. The average Bonchev–Trinajstić information content (AvgIpc) is 3.06. The van der Waals surface area contributed by atoms with Crippen molar-refractivity contribution < 1.29 is 3.89 Å². The summed E-state index contributed by atoms with van der Waals surface area (Å²) in [5.41, 5.74) is 12.3. The van der Waals surface area contributed by atoms with Crippen LogP contribution < -0.4 is 0 Å². The Morgan fingerprint density at radius 3 is 1.48 bits per heavy atom. The summed E-state index contributed by atoms with van der Waals surface area (Å²) >= 11 is 0. The molecule has 1 aliphatic rings. The van der Waals surface area contributed by atoms with E-state index in [2.05, 4.69) is 26.4 Å². The summed E-state index contributed by atoms with van der Waals surface area (Å²) in [5.74, 6) is 0. The van der Waals surface area contributed by atoms with Crippen LogP contribution >= 0.6 is 10.4 Å². The van der Waals surface area contributed by atoms with Crippen LogP contribution in [-0.2, 0) is 0 Å². The van der Waals surface area contributed by atoms with E-state index in [9.17, 15) is 0 Å². The van der Waals surface area contributed by atoms with E-state index in [1.165, 1.54) is 0 Å². The van der Waals surface area contributed by atoms with Gasteiger partial charge in [0.2, 0.25) is 0 Å². The van der Waals surface area contributed by atoms with E-state index in [4.69, 9.17) is 0 Å². The van der Waals surface area contributed by atoms with E-state index in [1.807, 2.05) is 119 Å². The molecule has 0 saturated heterocycles. The van der Waals surface area contributed by atoms with Gasteiger partial charge in [0.15, 0.2) is 0 Å². The Balaban J connectivity index is 0.00000173. The molecule has 208 valence electrons. The van der Waals surface area contributed by atoms with Crippen LogP contribution in [0.4, 0.5) is 3.89 Å². The van der Waals surface area contributed by atoms with Crippen LogP contribution in [-0.4, -0.2) is 15.0 Å². The van der Waals surface area contributed by atoms with Gasteiger partial charge in [-0.3, -0.25) is 15.0 Å². The quantitative estimate of drug-likeness (QED) is 0.191. The molecule has 0 N–H and O–H groups in total. The fourth-order valence-electron chi connectivity index (χ4n) is 4.87. The van der Waals surface area contributed by atoms with E-state index in [0.717, 1.165) is 22.3 Å². The van der Waals surface area contributed by atoms with Crippen molar-refractivity contribution in [3.05, 3.63) is 155 Å². The lowest BCUT2D eigenvalue weighted by Gasteiger charge is -2.37. The first-order chi connectivity index (χ1) is 20.6. The molecule has 0 spiro atoms. The van der Waals surface area contributed by atoms with E-state index < -0.39 is 10.4 Å². The molecule has 5 heteroatoms. The molecule has 3 aromatic heterocycles. The topological polar surface area (TPSA) is 38.7 Å². The third-order valence-electron chi connectivity index (χ3n) is 6.77. The molecule has 0 radical (unpaired) electrons. The predicted molar refractivity (Wildman–Crippen MR) is 173 cm³/mol. The van der Waals surface area contributed by atoms with E-state index >= 15 is 3.89 Å². The fraction of sp³-hybridized carbons (Fsp3) is 0.108. The van der Waals surface area contributed by atoms with Crippen molar-refractivity contribution in [2.24, 2.45) is 0 Å². The van der Waals surface area contributed by atoms with Gasteiger partial charge < -0.3 is 0 Å². The molecule has 1 aliphatic carbocycles. The molecule has 0 bridgehead atoms. The number of rotatable bonds is 6. The van der Waals surface area contributed by atoms with Crippen LogP contribution in [0.15, 0.2) is 148 Å². The zero-order chi connectivity index (χ0) is 29.5. The Morgan fingerprint density at radius 2 is 1.02 bits per heavy atom. The fourth-order valence-corrected chi connectivity index (χ4v) is 7.92. The molecular formula is C37H32FN3S. The van der Waals surface area contributed by atoms with Crippen LogP contribution in [0.25, 0.3) is 28.1 Å². The Bertz CT molecular complexity index is 1750. The van der Waals surface area contributed by atoms with Gasteiger partial charge in [-0.25, -0.2) is 0 Å². The van der Waals surface area contributed by atoms with Crippen molar-refractivity contribution >= 4 is 16.0 Å². The van der Waals surface area contributed by atoms with Crippen LogP contribution in [0.5, 0.6) is 0 Å². The smallest absolute Gasteiger partial charge is 0.0720 e. The lowest BCUT2D eigenvalue weighted by Crippen LogP contribution is -2.07. The van der Waals surface area contributed by atoms with E-state index in [-0.39, 0.29) is 0 Å². The maximum Gasteiger partial charge on any atom is 0.0720 e. The first-order valence-electron chi connectivity index (χ1n) is 14.0. The summed E-state index contributed by atoms with van der Waals surface area (Å²) in [6.45, 7) is 7.98. The molecular weight excluding hydrogens is 537 g/mol. The number of benzene rings is 2. The summed E-state index contributed by atoms with van der Waals surface area (Å²) < 4.78 is 19.2. The highest BCUT2D eigenvalue weighted by Gasteiger charge is 2.39. The minimum absolute atomic E-state index is 0.510. The molecule has 3 heterocycles. The van der Waals surface area contributed by atoms with Crippen LogP contribution in [0.3, 0.4) is 0 Å². The number of halogens is 1. The maximum absolute atomic E-state index is 19.2. The summed E-state index contributed by atoms with van der Waals surface area (Å²) in [5, 5.41) is 0. The Hall–Kier alpha value is -4.79. The van der Waals surface area contributed by atoms with Gasteiger partial charge in [0.25, 0.3) is 0 Å². The zero-order valence-electron chi connectivity index (χ0n) is 24.2. The molecule has 0 amide bonds. The molecule has 0 saturated carbocycles. The van der Waals surface area contributed by atoms with Crippen LogP contribution in [0.2, 0.25) is 0 Å². The van der Waals surface area contributed by atoms with Crippen molar-refractivity contribution in [2.45, 2.75) is 37.5 Å². The SMILES string of the molecule is CC.Cc1ccc(-c2ccccn2)c(S(F)(C2=C(c3ccccn3)C=C=C=C2)c2cc(C)ccc2-c2ccccn2)c1. The number of aryl methyl sites for hydroxylation is 2. The second-order valence-corrected chi connectivity index (χ2v) is 11.9. The molecule has 0 aliphatic heterocycles. The molecule has 2 aromatic carbocycles. The number of hydrogen-bond donors (Lipinski definition) is 0. The summed E-state index contributed by atoms with van der Waals surface area (Å²) in [4.78, 5) is 15.5. The monoisotopic (exact) mass is 569 g/mol. The van der Waals surface area contributed by atoms with Crippen molar-refractivity contribution in [3.8, 4) is 22.5 Å². The standard InChI is InChI=1S/C35H26FN3S.C2H6/c1-25-16-18-28(31-13-6-9-21-38-31)34(23-25)40(36,33-15-4-3-11-27(33)30-12-5-8-20-37-30)35-24-26(2)17-19-29(35)32-14-7-10-22-39-32;1-2/h5-24H,1-2H3;1-2H3. The van der Waals surface area contributed by atoms with Gasteiger partial charge in [0.1, 0.15) is 0 Å². The Morgan fingerprint density at radius 1 is 0.571 bits per heavy atom. The van der Waals surface area contributed by atoms with E-state index in [1.54, 1.807) is 30.7 Å². The van der Waals surface area contributed by atoms with Crippen molar-refractivity contribution in [1.29, 1.82) is 0 Å². The summed E-state index contributed by atoms with van der Waals surface area (Å²) in [6.07, 6.45) is 8.72. The lowest BCUT2D eigenvalue weighted by atomic mass is 10.1. The highest BCUT2D eigenvalue weighted by Crippen LogP contribution is 2.74. The number of allylic oxidation sites excluding steroid dienone is 3. The van der Waals surface area contributed by atoms with Gasteiger partial charge in [-0.2, -0.15) is 3.89 Å². The zero-order valence-corrected chi connectivity index (χ0v) is 25.0. The summed E-state index contributed by atoms with van der Waals surface area (Å²) in [6, 6.07) is 29.0. The number of pyridine rings is 3. The van der Waals surface area contributed by atoms with Gasteiger partial charge in [0.05, 0.1) is 17.1 Å². The Labute approximate surface area is 249 Å². The van der Waals surface area contributed by atoms with E-state index in [0.29, 0.717) is 37.4 Å². The van der Waals surface area contributed by atoms with Crippen LogP contribution in [0, 0.1) is 13.8 Å². The maximum atomic E-state index is 19.2. The second kappa shape index (κ2) is 12.8. The number of aromatic nitrogens is 3. The minimum atomic E-state index is -3.43. The van der Waals surface area contributed by atoms with Crippen LogP contribution in [0.1, 0.15) is 30.7 Å².